The molecule has 0 fully saturated rings. The SMILES string of the molecule is OB(O)c1ccc(C2=Cc3c(n(-c4ccccc4)c4ccccc34)CC2)cc1. The van der Waals surface area contributed by atoms with E-state index in [1.807, 2.05) is 18.2 Å². The fraction of sp³-hybridized carbons (Fsp3) is 0.0833. The highest BCUT2D eigenvalue weighted by atomic mass is 16.4. The zero-order valence-corrected chi connectivity index (χ0v) is 15.4. The molecule has 0 unspecified atom stereocenters. The third-order valence-corrected chi connectivity index (χ3v) is 5.56. The van der Waals surface area contributed by atoms with Gasteiger partial charge in [0.15, 0.2) is 0 Å². The third kappa shape index (κ3) is 2.78. The van der Waals surface area contributed by atoms with Crippen molar-refractivity contribution in [1.29, 1.82) is 0 Å². The van der Waals surface area contributed by atoms with Crippen molar-refractivity contribution in [2.45, 2.75) is 12.8 Å². The number of benzene rings is 3. The fourth-order valence-corrected chi connectivity index (χ4v) is 4.19. The van der Waals surface area contributed by atoms with Crippen molar-refractivity contribution in [3.8, 4) is 5.69 Å². The lowest BCUT2D eigenvalue weighted by Crippen LogP contribution is -2.29. The Morgan fingerprint density at radius 3 is 2.21 bits per heavy atom. The highest BCUT2D eigenvalue weighted by Crippen LogP contribution is 2.38. The minimum Gasteiger partial charge on any atom is -0.423 e. The van der Waals surface area contributed by atoms with Crippen molar-refractivity contribution in [2.75, 3.05) is 0 Å². The monoisotopic (exact) mass is 365 g/mol. The molecule has 0 saturated carbocycles. The molecule has 1 aliphatic rings. The zero-order valence-electron chi connectivity index (χ0n) is 15.4. The Balaban J connectivity index is 1.67. The minimum atomic E-state index is -1.43. The van der Waals surface area contributed by atoms with Crippen LogP contribution in [0.2, 0.25) is 0 Å². The highest BCUT2D eigenvalue weighted by Gasteiger charge is 2.21. The van der Waals surface area contributed by atoms with Gasteiger partial charge in [0.1, 0.15) is 0 Å². The maximum atomic E-state index is 9.32. The van der Waals surface area contributed by atoms with E-state index in [-0.39, 0.29) is 0 Å². The van der Waals surface area contributed by atoms with Gasteiger partial charge < -0.3 is 14.6 Å². The van der Waals surface area contributed by atoms with E-state index in [0.29, 0.717) is 5.46 Å². The van der Waals surface area contributed by atoms with Crippen LogP contribution < -0.4 is 5.46 Å². The van der Waals surface area contributed by atoms with E-state index in [4.69, 9.17) is 0 Å². The molecule has 1 aromatic heterocycles. The molecule has 4 aromatic rings. The lowest BCUT2D eigenvalue weighted by atomic mass is 9.79. The number of para-hydroxylation sites is 2. The summed E-state index contributed by atoms with van der Waals surface area (Å²) in [6.45, 7) is 0. The van der Waals surface area contributed by atoms with Crippen LogP contribution in [0, 0.1) is 0 Å². The summed E-state index contributed by atoms with van der Waals surface area (Å²) in [6.07, 6.45) is 4.22. The average Bonchev–Trinajstić information content (AvgIpc) is 3.08. The van der Waals surface area contributed by atoms with Gasteiger partial charge >= 0.3 is 7.12 Å². The topological polar surface area (TPSA) is 45.4 Å². The number of hydrogen-bond acceptors (Lipinski definition) is 2. The van der Waals surface area contributed by atoms with Gasteiger partial charge in [0, 0.05) is 22.3 Å². The summed E-state index contributed by atoms with van der Waals surface area (Å²) in [5.74, 6) is 0. The number of fused-ring (bicyclic) bond motifs is 3. The molecule has 1 heterocycles. The first-order chi connectivity index (χ1) is 13.7. The summed E-state index contributed by atoms with van der Waals surface area (Å²) in [7, 11) is -1.43. The molecule has 0 atom stereocenters. The summed E-state index contributed by atoms with van der Waals surface area (Å²) in [5.41, 5.74) is 7.98. The van der Waals surface area contributed by atoms with Gasteiger partial charge in [-0.3, -0.25) is 0 Å². The van der Waals surface area contributed by atoms with E-state index in [1.54, 1.807) is 12.1 Å². The predicted octanol–water partition coefficient (Wildman–Crippen LogP) is 3.80. The van der Waals surface area contributed by atoms with Crippen LogP contribution >= 0.6 is 0 Å². The number of allylic oxidation sites excluding steroid dienone is 1. The maximum absolute atomic E-state index is 9.32. The average molecular weight is 365 g/mol. The minimum absolute atomic E-state index is 0.515. The van der Waals surface area contributed by atoms with Crippen molar-refractivity contribution in [3.63, 3.8) is 0 Å². The van der Waals surface area contributed by atoms with Gasteiger partial charge in [0.05, 0.1) is 5.52 Å². The van der Waals surface area contributed by atoms with Gasteiger partial charge in [-0.05, 0) is 53.7 Å². The maximum Gasteiger partial charge on any atom is 0.488 e. The Kier molecular flexibility index (Phi) is 4.16. The first-order valence-electron chi connectivity index (χ1n) is 9.57. The van der Waals surface area contributed by atoms with E-state index >= 15 is 0 Å². The standard InChI is InChI=1S/C24H20BNO2/c27-25(28)19-13-10-17(11-14-19)18-12-15-24-22(16-18)21-8-4-5-9-23(21)26(24)20-6-2-1-3-7-20/h1-11,13-14,16,27-28H,12,15H2. The second-order valence-corrected chi connectivity index (χ2v) is 7.21. The van der Waals surface area contributed by atoms with Gasteiger partial charge in [-0.2, -0.15) is 0 Å². The summed E-state index contributed by atoms with van der Waals surface area (Å²) < 4.78 is 2.38. The van der Waals surface area contributed by atoms with Crippen molar-refractivity contribution >= 4 is 35.1 Å². The molecule has 28 heavy (non-hydrogen) atoms. The van der Waals surface area contributed by atoms with Crippen LogP contribution in [-0.4, -0.2) is 21.7 Å². The number of nitrogens with zero attached hydrogens (tertiary/aromatic N) is 1. The lowest BCUT2D eigenvalue weighted by Gasteiger charge is -2.18. The normalized spacial score (nSPS) is 13.3. The lowest BCUT2D eigenvalue weighted by molar-refractivity contribution is 0.426. The molecule has 136 valence electrons. The summed E-state index contributed by atoms with van der Waals surface area (Å²) in [4.78, 5) is 0. The Morgan fingerprint density at radius 2 is 1.46 bits per heavy atom. The Bertz CT molecular complexity index is 1170. The first-order valence-corrected chi connectivity index (χ1v) is 9.57. The zero-order chi connectivity index (χ0) is 19.1. The van der Waals surface area contributed by atoms with Crippen LogP contribution in [0.15, 0.2) is 78.9 Å². The Hall–Kier alpha value is -3.08. The second-order valence-electron chi connectivity index (χ2n) is 7.21. The molecule has 3 nitrogen and oxygen atoms in total. The Labute approximate surface area is 164 Å². The van der Waals surface area contributed by atoms with E-state index < -0.39 is 7.12 Å². The van der Waals surface area contributed by atoms with Crippen LogP contribution in [0.5, 0.6) is 0 Å². The first kappa shape index (κ1) is 17.1. The fourth-order valence-electron chi connectivity index (χ4n) is 4.19. The van der Waals surface area contributed by atoms with Crippen LogP contribution in [-0.2, 0) is 6.42 Å². The molecule has 5 rings (SSSR count). The van der Waals surface area contributed by atoms with Gasteiger partial charge in [0.25, 0.3) is 0 Å². The van der Waals surface area contributed by atoms with Crippen LogP contribution in [0.3, 0.4) is 0 Å². The molecule has 0 bridgehead atoms. The molecular formula is C24H20BNO2. The molecule has 0 spiro atoms. The highest BCUT2D eigenvalue weighted by molar-refractivity contribution is 6.58. The third-order valence-electron chi connectivity index (χ3n) is 5.56. The molecule has 2 N–H and O–H groups in total. The van der Waals surface area contributed by atoms with Gasteiger partial charge in [-0.25, -0.2) is 0 Å². The number of rotatable bonds is 3. The van der Waals surface area contributed by atoms with Crippen molar-refractivity contribution in [1.82, 2.24) is 4.57 Å². The van der Waals surface area contributed by atoms with E-state index in [2.05, 4.69) is 59.2 Å². The van der Waals surface area contributed by atoms with Crippen LogP contribution in [0.25, 0.3) is 28.2 Å². The largest absolute Gasteiger partial charge is 0.488 e. The molecule has 0 saturated heterocycles. The Morgan fingerprint density at radius 1 is 0.750 bits per heavy atom. The smallest absolute Gasteiger partial charge is 0.423 e. The number of hydrogen-bond donors (Lipinski definition) is 2. The quantitative estimate of drug-likeness (QED) is 0.543. The van der Waals surface area contributed by atoms with Crippen molar-refractivity contribution in [3.05, 3.63) is 95.7 Å². The summed E-state index contributed by atoms with van der Waals surface area (Å²) in [6, 6.07) is 26.6. The molecule has 1 aliphatic carbocycles. The predicted molar refractivity (Wildman–Crippen MR) is 116 cm³/mol. The molecule has 3 aromatic carbocycles. The van der Waals surface area contributed by atoms with Gasteiger partial charge in [0.2, 0.25) is 0 Å². The summed E-state index contributed by atoms with van der Waals surface area (Å²) >= 11 is 0. The second kappa shape index (κ2) is 6.82. The van der Waals surface area contributed by atoms with Crippen molar-refractivity contribution < 1.29 is 10.0 Å². The van der Waals surface area contributed by atoms with Gasteiger partial charge in [-0.15, -0.1) is 0 Å². The van der Waals surface area contributed by atoms with E-state index in [1.165, 1.54) is 33.4 Å². The van der Waals surface area contributed by atoms with Crippen LogP contribution in [0.4, 0.5) is 0 Å². The van der Waals surface area contributed by atoms with E-state index in [0.717, 1.165) is 18.4 Å². The molecule has 0 radical (unpaired) electrons. The molecular weight excluding hydrogens is 345 g/mol. The van der Waals surface area contributed by atoms with Gasteiger partial charge in [-0.1, -0.05) is 60.7 Å². The molecule has 0 aliphatic heterocycles. The van der Waals surface area contributed by atoms with E-state index in [9.17, 15) is 10.0 Å². The molecule has 4 heteroatoms. The van der Waals surface area contributed by atoms with Crippen LogP contribution in [0.1, 0.15) is 23.2 Å². The number of aromatic nitrogens is 1. The summed E-state index contributed by atoms with van der Waals surface area (Å²) in [5, 5.41) is 19.9. The van der Waals surface area contributed by atoms with Crippen molar-refractivity contribution in [2.24, 2.45) is 0 Å². The molecule has 0 amide bonds.